The van der Waals surface area contributed by atoms with E-state index in [1.165, 1.54) is 24.6 Å². The first-order chi connectivity index (χ1) is 18.1. The molecule has 196 valence electrons. The first-order valence-electron chi connectivity index (χ1n) is 11.1. The lowest BCUT2D eigenvalue weighted by molar-refractivity contribution is -0.137. The van der Waals surface area contributed by atoms with Gasteiger partial charge in [0.15, 0.2) is 0 Å². The number of nitrogens with zero attached hydrogens (tertiary/aromatic N) is 4. The van der Waals surface area contributed by atoms with E-state index < -0.39 is 27.6 Å². The molecule has 5 rings (SSSR count). The van der Waals surface area contributed by atoms with Crippen LogP contribution in [0.3, 0.4) is 0 Å². The number of fused-ring (bicyclic) bond motifs is 1. The number of nitrogens with one attached hydrogen (secondary N) is 2. The standard InChI is InChI=1S/C24H18F4N6O3S/c25-17-3-1-2-15(14-17)20-21(34-12-13-37-23(34)33-20)19-8-9-29-22(32-19)30-10-11-31-38(35,36)18-6-4-16(5-7-18)24(26,27)28/h1-9,12-14,31H,10-11H2,(H,29,30,32). The molecule has 0 radical (unpaired) electrons. The fourth-order valence-corrected chi connectivity index (χ4v) is 4.74. The maximum atomic E-state index is 13.9. The summed E-state index contributed by atoms with van der Waals surface area (Å²) in [7, 11) is -4.03. The van der Waals surface area contributed by atoms with Crippen molar-refractivity contribution in [3.05, 3.63) is 84.6 Å². The summed E-state index contributed by atoms with van der Waals surface area (Å²) in [4.78, 5) is 12.8. The number of imidazole rings is 1. The first-order valence-corrected chi connectivity index (χ1v) is 12.6. The van der Waals surface area contributed by atoms with Crippen molar-refractivity contribution < 1.29 is 30.4 Å². The smallest absolute Gasteiger partial charge is 0.416 e. The lowest BCUT2D eigenvalue weighted by Gasteiger charge is -2.10. The van der Waals surface area contributed by atoms with E-state index in [1.54, 1.807) is 28.8 Å². The highest BCUT2D eigenvalue weighted by Crippen LogP contribution is 2.33. The normalized spacial score (nSPS) is 12.2. The zero-order valence-corrected chi connectivity index (χ0v) is 20.1. The van der Waals surface area contributed by atoms with Crippen LogP contribution in [-0.2, 0) is 16.2 Å². The number of hydrogen-bond acceptors (Lipinski definition) is 7. The second-order valence-electron chi connectivity index (χ2n) is 7.99. The van der Waals surface area contributed by atoms with E-state index >= 15 is 0 Å². The highest BCUT2D eigenvalue weighted by atomic mass is 32.2. The summed E-state index contributed by atoms with van der Waals surface area (Å²) in [6, 6.07) is 10.8. The van der Waals surface area contributed by atoms with Crippen LogP contribution in [0.5, 0.6) is 0 Å². The number of rotatable bonds is 8. The Labute approximate surface area is 213 Å². The molecule has 0 saturated heterocycles. The molecule has 0 unspecified atom stereocenters. The van der Waals surface area contributed by atoms with Gasteiger partial charge in [-0.15, -0.1) is 0 Å². The number of sulfonamides is 1. The molecule has 0 atom stereocenters. The number of aromatic nitrogens is 4. The van der Waals surface area contributed by atoms with Crippen LogP contribution in [0.15, 0.2) is 82.6 Å². The summed E-state index contributed by atoms with van der Waals surface area (Å²) in [6.45, 7) is -0.0161. The molecule has 2 N–H and O–H groups in total. The number of halogens is 4. The van der Waals surface area contributed by atoms with Crippen LogP contribution >= 0.6 is 0 Å². The number of alkyl halides is 3. The second-order valence-corrected chi connectivity index (χ2v) is 9.75. The van der Waals surface area contributed by atoms with E-state index in [9.17, 15) is 26.0 Å². The minimum absolute atomic E-state index is 0.0770. The van der Waals surface area contributed by atoms with Gasteiger partial charge < -0.3 is 9.73 Å². The first kappa shape index (κ1) is 25.4. The monoisotopic (exact) mass is 546 g/mol. The van der Waals surface area contributed by atoms with Crippen molar-refractivity contribution >= 4 is 21.8 Å². The SMILES string of the molecule is O=S(=O)(NCCNc1nccc(-c2c(-c3cccc(F)c3)nc3occn23)n1)c1ccc(C(F)(F)F)cc1. The van der Waals surface area contributed by atoms with Crippen molar-refractivity contribution in [1.82, 2.24) is 24.1 Å². The molecule has 3 heterocycles. The highest BCUT2D eigenvalue weighted by Gasteiger charge is 2.30. The number of hydrogen-bond donors (Lipinski definition) is 2. The maximum Gasteiger partial charge on any atom is 0.416 e. The average molecular weight is 547 g/mol. The van der Waals surface area contributed by atoms with Crippen molar-refractivity contribution in [1.29, 1.82) is 0 Å². The van der Waals surface area contributed by atoms with Crippen molar-refractivity contribution in [2.24, 2.45) is 0 Å². The van der Waals surface area contributed by atoms with E-state index in [0.29, 0.717) is 34.8 Å². The Kier molecular flexibility index (Phi) is 6.59. The average Bonchev–Trinajstić information content (AvgIpc) is 3.48. The third-order valence-electron chi connectivity index (χ3n) is 5.45. The van der Waals surface area contributed by atoms with Gasteiger partial charge in [0.05, 0.1) is 16.2 Å². The summed E-state index contributed by atoms with van der Waals surface area (Å²) in [5.41, 5.74) is 0.998. The van der Waals surface area contributed by atoms with Crippen molar-refractivity contribution in [2.45, 2.75) is 11.1 Å². The quantitative estimate of drug-likeness (QED) is 0.216. The third kappa shape index (κ3) is 5.21. The molecule has 0 aliphatic carbocycles. The Balaban J connectivity index is 1.30. The van der Waals surface area contributed by atoms with Crippen LogP contribution in [0, 0.1) is 5.82 Å². The van der Waals surface area contributed by atoms with Crippen LogP contribution in [0.2, 0.25) is 0 Å². The van der Waals surface area contributed by atoms with Crippen LogP contribution in [0.4, 0.5) is 23.5 Å². The largest absolute Gasteiger partial charge is 0.432 e. The summed E-state index contributed by atoms with van der Waals surface area (Å²) >= 11 is 0. The van der Waals surface area contributed by atoms with Gasteiger partial charge in [-0.1, -0.05) is 12.1 Å². The molecule has 0 amide bonds. The van der Waals surface area contributed by atoms with Gasteiger partial charge in [-0.3, -0.25) is 4.40 Å². The van der Waals surface area contributed by atoms with Gasteiger partial charge in [0.2, 0.25) is 16.0 Å². The lowest BCUT2D eigenvalue weighted by Crippen LogP contribution is -2.29. The van der Waals surface area contributed by atoms with Gasteiger partial charge >= 0.3 is 12.0 Å². The Morgan fingerprint density at radius 3 is 2.53 bits per heavy atom. The fraction of sp³-hybridized carbons (Fsp3) is 0.125. The fourth-order valence-electron chi connectivity index (χ4n) is 3.71. The molecule has 38 heavy (non-hydrogen) atoms. The molecular weight excluding hydrogens is 528 g/mol. The lowest BCUT2D eigenvalue weighted by atomic mass is 10.1. The second kappa shape index (κ2) is 9.87. The molecule has 0 aliphatic rings. The highest BCUT2D eigenvalue weighted by molar-refractivity contribution is 7.89. The Morgan fingerprint density at radius 1 is 1.00 bits per heavy atom. The summed E-state index contributed by atoms with van der Waals surface area (Å²) in [5.74, 6) is 0.0341. The Hall–Kier alpha value is -4.30. The molecule has 0 bridgehead atoms. The van der Waals surface area contributed by atoms with E-state index in [2.05, 4.69) is 25.0 Å². The predicted octanol–water partition coefficient (Wildman–Crippen LogP) is 4.60. The topological polar surface area (TPSA) is 114 Å². The van der Waals surface area contributed by atoms with Gasteiger partial charge in [0, 0.05) is 31.0 Å². The van der Waals surface area contributed by atoms with E-state index in [4.69, 9.17) is 4.42 Å². The van der Waals surface area contributed by atoms with Gasteiger partial charge in [-0.25, -0.2) is 27.5 Å². The van der Waals surface area contributed by atoms with Crippen LogP contribution < -0.4 is 10.0 Å². The van der Waals surface area contributed by atoms with Crippen LogP contribution in [0.25, 0.3) is 28.5 Å². The van der Waals surface area contributed by atoms with Gasteiger partial charge in [0.25, 0.3) is 0 Å². The van der Waals surface area contributed by atoms with Crippen LogP contribution in [0.1, 0.15) is 5.56 Å². The van der Waals surface area contributed by atoms with Crippen molar-refractivity contribution in [2.75, 3.05) is 18.4 Å². The van der Waals surface area contributed by atoms with Gasteiger partial charge in [-0.05, 0) is 42.5 Å². The number of benzene rings is 2. The summed E-state index contributed by atoms with van der Waals surface area (Å²) in [5, 5.41) is 2.90. The summed E-state index contributed by atoms with van der Waals surface area (Å²) in [6.07, 6.45) is 0.0223. The minimum atomic E-state index is -4.56. The van der Waals surface area contributed by atoms with Gasteiger partial charge in [0.1, 0.15) is 23.5 Å². The molecule has 0 spiro atoms. The zero-order valence-electron chi connectivity index (χ0n) is 19.3. The summed E-state index contributed by atoms with van der Waals surface area (Å²) < 4.78 is 86.2. The minimum Gasteiger partial charge on any atom is -0.432 e. The molecule has 3 aromatic heterocycles. The predicted molar refractivity (Wildman–Crippen MR) is 129 cm³/mol. The Bertz CT molecular complexity index is 1700. The third-order valence-corrected chi connectivity index (χ3v) is 6.93. The van der Waals surface area contributed by atoms with E-state index in [0.717, 1.165) is 12.1 Å². The number of oxazole rings is 1. The Morgan fingerprint density at radius 2 is 1.79 bits per heavy atom. The molecule has 9 nitrogen and oxygen atoms in total. The molecule has 5 aromatic rings. The number of anilines is 1. The van der Waals surface area contributed by atoms with E-state index in [-0.39, 0.29) is 29.8 Å². The molecular formula is C24H18F4N6O3S. The maximum absolute atomic E-state index is 13.9. The molecule has 0 fully saturated rings. The molecule has 0 saturated carbocycles. The molecule has 14 heteroatoms. The molecule has 0 aliphatic heterocycles. The van der Waals surface area contributed by atoms with Gasteiger partial charge in [-0.2, -0.15) is 18.2 Å². The van der Waals surface area contributed by atoms with Crippen molar-refractivity contribution in [3.8, 4) is 22.6 Å². The van der Waals surface area contributed by atoms with Crippen LogP contribution in [-0.4, -0.2) is 40.9 Å². The zero-order chi connectivity index (χ0) is 26.9. The molecule has 2 aromatic carbocycles. The van der Waals surface area contributed by atoms with E-state index in [1.807, 2.05) is 0 Å². The van der Waals surface area contributed by atoms with Crippen molar-refractivity contribution in [3.63, 3.8) is 0 Å².